The molecule has 0 aliphatic heterocycles. The third kappa shape index (κ3) is 2.70. The number of hydrogen-bond donors (Lipinski definition) is 1. The van der Waals surface area contributed by atoms with Crippen molar-refractivity contribution in [3.8, 4) is 0 Å². The van der Waals surface area contributed by atoms with E-state index >= 15 is 0 Å². The summed E-state index contributed by atoms with van der Waals surface area (Å²) in [7, 11) is 1.96. The molecule has 0 aromatic carbocycles. The molecule has 72 valence electrons. The summed E-state index contributed by atoms with van der Waals surface area (Å²) in [5.74, 6) is 0.493. The van der Waals surface area contributed by atoms with Crippen LogP contribution in [0.4, 0.5) is 0 Å². The minimum Gasteiger partial charge on any atom is -0.340 e. The first-order valence-electron chi connectivity index (χ1n) is 4.52. The van der Waals surface area contributed by atoms with Gasteiger partial charge in [-0.2, -0.15) is 0 Å². The van der Waals surface area contributed by atoms with E-state index in [2.05, 4.69) is 24.9 Å². The van der Waals surface area contributed by atoms with Gasteiger partial charge in [0.1, 0.15) is 0 Å². The zero-order chi connectivity index (χ0) is 9.84. The van der Waals surface area contributed by atoms with Crippen molar-refractivity contribution in [3.05, 3.63) is 23.8 Å². The topological polar surface area (TPSA) is 43.8 Å². The van der Waals surface area contributed by atoms with Crippen molar-refractivity contribution in [1.82, 2.24) is 9.55 Å². The summed E-state index contributed by atoms with van der Waals surface area (Å²) in [5, 5.41) is 0. The molecule has 13 heavy (non-hydrogen) atoms. The van der Waals surface area contributed by atoms with Crippen LogP contribution in [0.1, 0.15) is 19.5 Å². The van der Waals surface area contributed by atoms with E-state index in [9.17, 15) is 0 Å². The number of aryl methyl sites for hydroxylation is 1. The van der Waals surface area contributed by atoms with Crippen molar-refractivity contribution in [1.29, 1.82) is 0 Å². The summed E-state index contributed by atoms with van der Waals surface area (Å²) in [4.78, 5) is 4.22. The molecule has 2 N–H and O–H groups in total. The largest absolute Gasteiger partial charge is 0.340 e. The van der Waals surface area contributed by atoms with E-state index in [0.29, 0.717) is 12.5 Å². The molecule has 3 nitrogen and oxygen atoms in total. The summed E-state index contributed by atoms with van der Waals surface area (Å²) in [6.07, 6.45) is 5.84. The Morgan fingerprint density at radius 2 is 2.38 bits per heavy atom. The highest BCUT2D eigenvalue weighted by atomic mass is 15.0. The Morgan fingerprint density at radius 1 is 1.69 bits per heavy atom. The Hall–Kier alpha value is -1.09. The normalized spacial score (nSPS) is 12.5. The van der Waals surface area contributed by atoms with Gasteiger partial charge in [0, 0.05) is 19.8 Å². The third-order valence-corrected chi connectivity index (χ3v) is 2.04. The maximum atomic E-state index is 5.63. The average Bonchev–Trinajstić information content (AvgIpc) is 2.46. The Morgan fingerprint density at radius 3 is 2.77 bits per heavy atom. The molecule has 0 saturated heterocycles. The Labute approximate surface area is 79.3 Å². The van der Waals surface area contributed by atoms with Crippen molar-refractivity contribution < 1.29 is 0 Å². The van der Waals surface area contributed by atoms with Crippen LogP contribution in [0.3, 0.4) is 0 Å². The molecule has 0 aliphatic carbocycles. The molecule has 1 rings (SSSR count). The highest BCUT2D eigenvalue weighted by molar-refractivity contribution is 5.48. The Bertz CT molecular complexity index is 297. The van der Waals surface area contributed by atoms with Crippen molar-refractivity contribution >= 4 is 6.08 Å². The predicted octanol–water partition coefficient (Wildman–Crippen LogP) is 1.42. The second-order valence-electron chi connectivity index (χ2n) is 3.54. The van der Waals surface area contributed by atoms with Gasteiger partial charge >= 0.3 is 0 Å². The van der Waals surface area contributed by atoms with E-state index in [-0.39, 0.29) is 0 Å². The van der Waals surface area contributed by atoms with E-state index in [1.165, 1.54) is 5.57 Å². The second kappa shape index (κ2) is 4.23. The fourth-order valence-corrected chi connectivity index (χ4v) is 1.16. The lowest BCUT2D eigenvalue weighted by Crippen LogP contribution is -2.08. The number of nitrogens with two attached hydrogens (primary N) is 1. The minimum atomic E-state index is 0.493. The molecule has 1 heterocycles. The predicted molar refractivity (Wildman–Crippen MR) is 55.1 cm³/mol. The molecule has 0 saturated carbocycles. The standard InChI is InChI=1S/C10H17N3/c1-8(2)9(5-11)4-10-6-13(3)7-12-10/h4,6-8H,5,11H2,1-3H3/b9-4-. The monoisotopic (exact) mass is 179 g/mol. The van der Waals surface area contributed by atoms with Crippen LogP contribution in [0.2, 0.25) is 0 Å². The Balaban J connectivity index is 2.84. The molecular formula is C10H17N3. The van der Waals surface area contributed by atoms with E-state index in [1.807, 2.05) is 17.8 Å². The van der Waals surface area contributed by atoms with Gasteiger partial charge in [-0.15, -0.1) is 0 Å². The first kappa shape index (κ1) is 9.99. The van der Waals surface area contributed by atoms with Crippen LogP contribution in [0, 0.1) is 5.92 Å². The molecule has 0 unspecified atom stereocenters. The average molecular weight is 179 g/mol. The van der Waals surface area contributed by atoms with Crippen LogP contribution in [-0.2, 0) is 7.05 Å². The smallest absolute Gasteiger partial charge is 0.0950 e. The SMILES string of the molecule is CC(C)/C(=C\c1cn(C)cn1)CN. The molecule has 0 radical (unpaired) electrons. The zero-order valence-electron chi connectivity index (χ0n) is 8.49. The van der Waals surface area contributed by atoms with Gasteiger partial charge in [-0.05, 0) is 12.0 Å². The Kier molecular flexibility index (Phi) is 3.25. The van der Waals surface area contributed by atoms with Crippen molar-refractivity contribution in [3.63, 3.8) is 0 Å². The summed E-state index contributed by atoms with van der Waals surface area (Å²) in [6, 6.07) is 0. The van der Waals surface area contributed by atoms with E-state index < -0.39 is 0 Å². The van der Waals surface area contributed by atoms with Gasteiger partial charge in [-0.1, -0.05) is 19.4 Å². The van der Waals surface area contributed by atoms with Crippen LogP contribution in [0.15, 0.2) is 18.1 Å². The minimum absolute atomic E-state index is 0.493. The number of imidazole rings is 1. The van der Waals surface area contributed by atoms with Crippen LogP contribution in [0.25, 0.3) is 6.08 Å². The highest BCUT2D eigenvalue weighted by Crippen LogP contribution is 2.11. The van der Waals surface area contributed by atoms with Gasteiger partial charge in [-0.25, -0.2) is 4.98 Å². The lowest BCUT2D eigenvalue weighted by molar-refractivity contribution is 0.752. The molecule has 3 heteroatoms. The fraction of sp³-hybridized carbons (Fsp3) is 0.500. The highest BCUT2D eigenvalue weighted by Gasteiger charge is 2.01. The van der Waals surface area contributed by atoms with Gasteiger partial charge in [0.2, 0.25) is 0 Å². The maximum absolute atomic E-state index is 5.63. The van der Waals surface area contributed by atoms with Crippen LogP contribution in [0.5, 0.6) is 0 Å². The summed E-state index contributed by atoms with van der Waals surface area (Å²) in [5.41, 5.74) is 7.84. The van der Waals surface area contributed by atoms with Crippen LogP contribution < -0.4 is 5.73 Å². The maximum Gasteiger partial charge on any atom is 0.0950 e. The first-order valence-corrected chi connectivity index (χ1v) is 4.52. The van der Waals surface area contributed by atoms with Crippen molar-refractivity contribution in [2.75, 3.05) is 6.54 Å². The van der Waals surface area contributed by atoms with Crippen molar-refractivity contribution in [2.24, 2.45) is 18.7 Å². The van der Waals surface area contributed by atoms with Gasteiger partial charge in [0.15, 0.2) is 0 Å². The molecule has 0 amide bonds. The van der Waals surface area contributed by atoms with Gasteiger partial charge in [0.25, 0.3) is 0 Å². The molecule has 0 aliphatic rings. The quantitative estimate of drug-likeness (QED) is 0.762. The van der Waals surface area contributed by atoms with E-state index in [0.717, 1.165) is 5.69 Å². The number of hydrogen-bond acceptors (Lipinski definition) is 2. The lowest BCUT2D eigenvalue weighted by Gasteiger charge is -2.06. The molecule has 0 fully saturated rings. The van der Waals surface area contributed by atoms with Crippen LogP contribution >= 0.6 is 0 Å². The molecule has 1 aromatic heterocycles. The van der Waals surface area contributed by atoms with Gasteiger partial charge in [0.05, 0.1) is 12.0 Å². The molecule has 0 bridgehead atoms. The lowest BCUT2D eigenvalue weighted by atomic mass is 10.0. The third-order valence-electron chi connectivity index (χ3n) is 2.04. The zero-order valence-corrected chi connectivity index (χ0v) is 8.49. The molecule has 1 aromatic rings. The molecule has 0 spiro atoms. The second-order valence-corrected chi connectivity index (χ2v) is 3.54. The summed E-state index contributed by atoms with van der Waals surface area (Å²) >= 11 is 0. The summed E-state index contributed by atoms with van der Waals surface area (Å²) in [6.45, 7) is 4.89. The number of aromatic nitrogens is 2. The van der Waals surface area contributed by atoms with Gasteiger partial charge < -0.3 is 10.3 Å². The van der Waals surface area contributed by atoms with Crippen molar-refractivity contribution in [2.45, 2.75) is 13.8 Å². The number of nitrogens with zero attached hydrogens (tertiary/aromatic N) is 2. The first-order chi connectivity index (χ1) is 6.13. The molecule has 0 atom stereocenters. The number of rotatable bonds is 3. The summed E-state index contributed by atoms with van der Waals surface area (Å²) < 4.78 is 1.93. The fourth-order valence-electron chi connectivity index (χ4n) is 1.16. The van der Waals surface area contributed by atoms with E-state index in [1.54, 1.807) is 6.33 Å². The molecular weight excluding hydrogens is 162 g/mol. The van der Waals surface area contributed by atoms with E-state index in [4.69, 9.17) is 5.73 Å². The van der Waals surface area contributed by atoms with Gasteiger partial charge in [-0.3, -0.25) is 0 Å². The van der Waals surface area contributed by atoms with Crippen LogP contribution in [-0.4, -0.2) is 16.1 Å².